The summed E-state index contributed by atoms with van der Waals surface area (Å²) in [5.41, 5.74) is 5.99. The molecule has 4 nitrogen and oxygen atoms in total. The van der Waals surface area contributed by atoms with Gasteiger partial charge in [0.1, 0.15) is 0 Å². The van der Waals surface area contributed by atoms with Crippen molar-refractivity contribution >= 4 is 85.9 Å². The Hall–Kier alpha value is -5.65. The third-order valence-electron chi connectivity index (χ3n) is 8.83. The van der Waals surface area contributed by atoms with Crippen LogP contribution in [-0.2, 0) is 0 Å². The van der Waals surface area contributed by atoms with Crippen molar-refractivity contribution in [3.63, 3.8) is 0 Å². The molecule has 10 aromatic rings. The van der Waals surface area contributed by atoms with Crippen molar-refractivity contribution in [2.24, 2.45) is 0 Å². The first-order chi connectivity index (χ1) is 21.8. The van der Waals surface area contributed by atoms with Crippen molar-refractivity contribution < 1.29 is 0 Å². The Kier molecular flexibility index (Phi) is 4.84. The van der Waals surface area contributed by atoms with Crippen LogP contribution in [0.4, 0.5) is 0 Å². The van der Waals surface area contributed by atoms with Crippen molar-refractivity contribution in [3.8, 4) is 17.2 Å². The molecule has 0 atom stereocenters. The Morgan fingerprint density at radius 2 is 1.25 bits per heavy atom. The topological polar surface area (TPSA) is 43.6 Å². The van der Waals surface area contributed by atoms with Crippen LogP contribution in [0.3, 0.4) is 0 Å². The number of rotatable bonds is 2. The highest BCUT2D eigenvalue weighted by molar-refractivity contribution is 7.27. The number of fused-ring (bicyclic) bond motifs is 13. The molecule has 0 amide bonds. The number of nitrogens with zero attached hydrogens (tertiary/aromatic N) is 4. The molecule has 0 N–H and O–H groups in total. The molecule has 0 saturated carbocycles. The number of hydrogen-bond acceptors (Lipinski definition) is 4. The highest BCUT2D eigenvalue weighted by Crippen LogP contribution is 2.47. The summed E-state index contributed by atoms with van der Waals surface area (Å²) in [4.78, 5) is 15.8. The van der Waals surface area contributed by atoms with Gasteiger partial charge in [0, 0.05) is 43.4 Å². The van der Waals surface area contributed by atoms with Gasteiger partial charge in [-0.3, -0.25) is 9.55 Å². The summed E-state index contributed by atoms with van der Waals surface area (Å²) in [7, 11) is 0. The van der Waals surface area contributed by atoms with Crippen LogP contribution in [0.5, 0.6) is 0 Å². The molecule has 0 unspecified atom stereocenters. The quantitative estimate of drug-likeness (QED) is 0.192. The molecular formula is C39H22N4S. The molecule has 0 fully saturated rings. The summed E-state index contributed by atoms with van der Waals surface area (Å²) >= 11 is 1.83. The third kappa shape index (κ3) is 3.19. The fourth-order valence-corrected chi connectivity index (χ4v) is 8.22. The average Bonchev–Trinajstić information content (AvgIpc) is 3.65. The number of aromatic nitrogens is 4. The van der Waals surface area contributed by atoms with Crippen molar-refractivity contribution in [2.45, 2.75) is 0 Å². The van der Waals surface area contributed by atoms with Gasteiger partial charge in [-0.25, -0.2) is 9.97 Å². The van der Waals surface area contributed by atoms with E-state index in [4.69, 9.17) is 15.0 Å². The van der Waals surface area contributed by atoms with Crippen LogP contribution in [0, 0.1) is 0 Å². The summed E-state index contributed by atoms with van der Waals surface area (Å²) in [6.07, 6.45) is 1.89. The number of thiophene rings is 1. The monoisotopic (exact) mass is 578 g/mol. The SMILES string of the molecule is c1ccc(-c2nc(-n3c4cccnc4c4c5ccccc5c5c6ccccc6sc5c43)nc3c2ccc2ccccc23)cc1. The molecule has 0 aliphatic rings. The second-order valence-electron chi connectivity index (χ2n) is 11.2. The van der Waals surface area contributed by atoms with E-state index in [0.717, 1.165) is 54.9 Å². The van der Waals surface area contributed by atoms with Gasteiger partial charge < -0.3 is 0 Å². The molecule has 0 spiro atoms. The van der Waals surface area contributed by atoms with Crippen LogP contribution in [0.2, 0.25) is 0 Å². The molecule has 6 aromatic carbocycles. The third-order valence-corrected chi connectivity index (χ3v) is 10.0. The zero-order chi connectivity index (χ0) is 28.8. The van der Waals surface area contributed by atoms with Crippen LogP contribution in [0.25, 0.3) is 91.8 Å². The maximum Gasteiger partial charge on any atom is 0.235 e. The lowest BCUT2D eigenvalue weighted by atomic mass is 10.00. The fourth-order valence-electron chi connectivity index (χ4n) is 6.96. The van der Waals surface area contributed by atoms with Gasteiger partial charge in [0.05, 0.1) is 32.5 Å². The van der Waals surface area contributed by atoms with Crippen molar-refractivity contribution in [1.82, 2.24) is 19.5 Å². The van der Waals surface area contributed by atoms with E-state index in [1.165, 1.54) is 30.9 Å². The zero-order valence-corrected chi connectivity index (χ0v) is 24.2. The molecule has 0 saturated heterocycles. The van der Waals surface area contributed by atoms with Crippen molar-refractivity contribution in [3.05, 3.63) is 134 Å². The lowest BCUT2D eigenvalue weighted by molar-refractivity contribution is 1.02. The molecule has 0 aliphatic heterocycles. The molecule has 0 bridgehead atoms. The van der Waals surface area contributed by atoms with E-state index < -0.39 is 0 Å². The predicted molar refractivity (Wildman–Crippen MR) is 185 cm³/mol. The number of benzene rings is 6. The summed E-state index contributed by atoms with van der Waals surface area (Å²) in [6, 6.07) is 44.9. The van der Waals surface area contributed by atoms with Crippen LogP contribution < -0.4 is 0 Å². The van der Waals surface area contributed by atoms with E-state index in [1.54, 1.807) is 0 Å². The smallest absolute Gasteiger partial charge is 0.235 e. The summed E-state index contributed by atoms with van der Waals surface area (Å²) in [5, 5.41) is 9.42. The van der Waals surface area contributed by atoms with Gasteiger partial charge in [-0.1, -0.05) is 103 Å². The van der Waals surface area contributed by atoms with E-state index in [9.17, 15) is 0 Å². The highest BCUT2D eigenvalue weighted by atomic mass is 32.1. The minimum absolute atomic E-state index is 0.648. The molecule has 5 heteroatoms. The predicted octanol–water partition coefficient (Wildman–Crippen LogP) is 10.5. The molecule has 4 aromatic heterocycles. The van der Waals surface area contributed by atoms with Gasteiger partial charge in [0.15, 0.2) is 0 Å². The van der Waals surface area contributed by atoms with Gasteiger partial charge in [-0.05, 0) is 40.4 Å². The number of pyridine rings is 1. The minimum Gasteiger partial charge on any atom is -0.275 e. The van der Waals surface area contributed by atoms with Gasteiger partial charge in [-0.2, -0.15) is 0 Å². The lowest BCUT2D eigenvalue weighted by Gasteiger charge is -2.13. The van der Waals surface area contributed by atoms with Crippen LogP contribution >= 0.6 is 11.3 Å². The van der Waals surface area contributed by atoms with E-state index in [2.05, 4.69) is 120 Å². The molecule has 0 aliphatic carbocycles. The second kappa shape index (κ2) is 8.93. The zero-order valence-electron chi connectivity index (χ0n) is 23.4. The first-order valence-electron chi connectivity index (χ1n) is 14.7. The van der Waals surface area contributed by atoms with Crippen LogP contribution in [0.15, 0.2) is 134 Å². The fraction of sp³-hybridized carbons (Fsp3) is 0. The van der Waals surface area contributed by atoms with Crippen LogP contribution in [0.1, 0.15) is 0 Å². The lowest BCUT2D eigenvalue weighted by Crippen LogP contribution is -2.04. The molecule has 44 heavy (non-hydrogen) atoms. The van der Waals surface area contributed by atoms with E-state index in [0.29, 0.717) is 5.95 Å². The van der Waals surface area contributed by atoms with Crippen molar-refractivity contribution in [2.75, 3.05) is 0 Å². The Morgan fingerprint density at radius 1 is 0.523 bits per heavy atom. The molecule has 0 radical (unpaired) electrons. The largest absolute Gasteiger partial charge is 0.275 e. The summed E-state index contributed by atoms with van der Waals surface area (Å²) < 4.78 is 4.75. The van der Waals surface area contributed by atoms with Gasteiger partial charge in [0.25, 0.3) is 0 Å². The van der Waals surface area contributed by atoms with E-state index >= 15 is 0 Å². The first-order valence-corrected chi connectivity index (χ1v) is 15.5. The van der Waals surface area contributed by atoms with Crippen molar-refractivity contribution in [1.29, 1.82) is 0 Å². The maximum absolute atomic E-state index is 5.40. The Labute approximate surface area is 255 Å². The number of hydrogen-bond donors (Lipinski definition) is 0. The molecule has 10 rings (SSSR count). The minimum atomic E-state index is 0.648. The Morgan fingerprint density at radius 3 is 2.11 bits per heavy atom. The van der Waals surface area contributed by atoms with Gasteiger partial charge >= 0.3 is 0 Å². The standard InChI is InChI=1S/C39H22N4S/c1-2-12-24(13-3-1)34-29-21-20-23-11-4-5-14-25(23)35(29)42-39(41-34)43-30-18-10-22-40-36(30)33-27-16-7-6-15-26(27)32-28-17-8-9-19-31(28)44-38(32)37(33)43/h1-22H. The maximum atomic E-state index is 5.40. The van der Waals surface area contributed by atoms with Gasteiger partial charge in [0.2, 0.25) is 5.95 Å². The van der Waals surface area contributed by atoms with Gasteiger partial charge in [-0.15, -0.1) is 11.3 Å². The summed E-state index contributed by atoms with van der Waals surface area (Å²) in [6.45, 7) is 0. The second-order valence-corrected chi connectivity index (χ2v) is 12.3. The van der Waals surface area contributed by atoms with Crippen LogP contribution in [-0.4, -0.2) is 19.5 Å². The molecule has 204 valence electrons. The Balaban J connectivity index is 1.47. The normalized spacial score (nSPS) is 12.1. The summed E-state index contributed by atoms with van der Waals surface area (Å²) in [5.74, 6) is 0.648. The van der Waals surface area contributed by atoms with E-state index in [1.807, 2.05) is 29.7 Å². The van der Waals surface area contributed by atoms with E-state index in [-0.39, 0.29) is 0 Å². The average molecular weight is 579 g/mol. The molecular weight excluding hydrogens is 557 g/mol. The first kappa shape index (κ1) is 23.9. The molecule has 4 heterocycles. The highest BCUT2D eigenvalue weighted by Gasteiger charge is 2.24. The Bertz CT molecular complexity index is 2780.